The Morgan fingerprint density at radius 2 is 1.69 bits per heavy atom. The van der Waals surface area contributed by atoms with E-state index in [1.54, 1.807) is 31.4 Å². The molecule has 1 atom stereocenters. The molecule has 2 rings (SSSR count). The van der Waals surface area contributed by atoms with Crippen LogP contribution in [0.25, 0.3) is 0 Å². The number of para-hydroxylation sites is 1. The van der Waals surface area contributed by atoms with E-state index in [1.807, 2.05) is 45.0 Å². The number of carbonyl (C=O) groups excluding carboxylic acids is 1. The smallest absolute Gasteiger partial charge is 0.243 e. The van der Waals surface area contributed by atoms with Crippen LogP contribution < -0.4 is 10.1 Å². The normalized spacial score (nSPS) is 12.6. The third-order valence-corrected chi connectivity index (χ3v) is 6.95. The van der Waals surface area contributed by atoms with Gasteiger partial charge in [-0.05, 0) is 37.1 Å². The first kappa shape index (κ1) is 22.9. The zero-order valence-corrected chi connectivity index (χ0v) is 18.3. The number of carbonyl (C=O) groups is 1. The summed E-state index contributed by atoms with van der Waals surface area (Å²) in [4.78, 5) is 12.6. The summed E-state index contributed by atoms with van der Waals surface area (Å²) < 4.78 is 31.8. The zero-order chi connectivity index (χ0) is 21.4. The van der Waals surface area contributed by atoms with Crippen LogP contribution in [-0.4, -0.2) is 38.8 Å². The van der Waals surface area contributed by atoms with Crippen LogP contribution in [0.5, 0.6) is 5.75 Å². The van der Waals surface area contributed by atoms with Gasteiger partial charge < -0.3 is 10.1 Å². The number of methoxy groups -OCH3 is 1. The highest BCUT2D eigenvalue weighted by molar-refractivity contribution is 7.89. The fourth-order valence-corrected chi connectivity index (χ4v) is 4.67. The second-order valence-electron chi connectivity index (χ2n) is 6.76. The van der Waals surface area contributed by atoms with Gasteiger partial charge >= 0.3 is 0 Å². The molecule has 2 aromatic rings. The molecule has 0 aliphatic heterocycles. The monoisotopic (exact) mass is 418 g/mol. The molecule has 1 unspecified atom stereocenters. The average molecular weight is 419 g/mol. The van der Waals surface area contributed by atoms with Crippen LogP contribution in [0, 0.1) is 0 Å². The molecule has 1 N–H and O–H groups in total. The summed E-state index contributed by atoms with van der Waals surface area (Å²) in [7, 11) is -1.85. The molecule has 0 bridgehead atoms. The Labute approximate surface area is 173 Å². The molecule has 29 heavy (non-hydrogen) atoms. The molecule has 0 aliphatic carbocycles. The molecule has 0 saturated carbocycles. The van der Waals surface area contributed by atoms with E-state index in [9.17, 15) is 13.2 Å². The predicted octanol–water partition coefficient (Wildman–Crippen LogP) is 3.54. The summed E-state index contributed by atoms with van der Waals surface area (Å²) in [5.41, 5.74) is 1.85. The van der Waals surface area contributed by atoms with Gasteiger partial charge in [-0.15, -0.1) is 0 Å². The van der Waals surface area contributed by atoms with Gasteiger partial charge in [0.05, 0.1) is 18.0 Å². The van der Waals surface area contributed by atoms with Crippen LogP contribution in [0.1, 0.15) is 44.4 Å². The number of nitrogens with one attached hydrogen (secondary N) is 1. The SMILES string of the molecule is CCN(CC)S(=O)(=O)c1ccc(CCC(=O)NC(C)c2ccccc2OC)cc1. The molecule has 0 spiro atoms. The largest absolute Gasteiger partial charge is 0.496 e. The highest BCUT2D eigenvalue weighted by atomic mass is 32.2. The second kappa shape index (κ2) is 10.4. The molecule has 6 nitrogen and oxygen atoms in total. The van der Waals surface area contributed by atoms with Gasteiger partial charge in [0.25, 0.3) is 0 Å². The van der Waals surface area contributed by atoms with E-state index in [1.165, 1.54) is 4.31 Å². The van der Waals surface area contributed by atoms with Crippen molar-refractivity contribution in [2.24, 2.45) is 0 Å². The van der Waals surface area contributed by atoms with Crippen LogP contribution in [0.4, 0.5) is 0 Å². The fourth-order valence-electron chi connectivity index (χ4n) is 3.21. The summed E-state index contributed by atoms with van der Waals surface area (Å²) in [6.07, 6.45) is 0.859. The number of aryl methyl sites for hydroxylation is 1. The summed E-state index contributed by atoms with van der Waals surface area (Å²) in [6.45, 7) is 6.43. The highest BCUT2D eigenvalue weighted by Gasteiger charge is 2.21. The number of amides is 1. The van der Waals surface area contributed by atoms with Crippen molar-refractivity contribution in [1.29, 1.82) is 0 Å². The molecule has 0 saturated heterocycles. The molecule has 2 aromatic carbocycles. The quantitative estimate of drug-likeness (QED) is 0.640. The second-order valence-corrected chi connectivity index (χ2v) is 8.70. The van der Waals surface area contributed by atoms with Crippen molar-refractivity contribution < 1.29 is 17.9 Å². The Morgan fingerprint density at radius 3 is 2.28 bits per heavy atom. The minimum absolute atomic E-state index is 0.0664. The Kier molecular flexibility index (Phi) is 8.22. The zero-order valence-electron chi connectivity index (χ0n) is 17.5. The molecule has 0 aromatic heterocycles. The predicted molar refractivity (Wildman–Crippen MR) is 114 cm³/mol. The standard InChI is InChI=1S/C22H30N2O4S/c1-5-24(6-2)29(26,27)19-14-11-18(12-15-19)13-16-22(25)23-17(3)20-9-7-8-10-21(20)28-4/h7-12,14-15,17H,5-6,13,16H2,1-4H3,(H,23,25). The van der Waals surface area contributed by atoms with Crippen molar-refractivity contribution in [3.8, 4) is 5.75 Å². The first-order valence-electron chi connectivity index (χ1n) is 9.84. The first-order valence-corrected chi connectivity index (χ1v) is 11.3. The Morgan fingerprint density at radius 1 is 1.07 bits per heavy atom. The van der Waals surface area contributed by atoms with Crippen molar-refractivity contribution in [1.82, 2.24) is 9.62 Å². The fraction of sp³-hybridized carbons (Fsp3) is 0.409. The minimum Gasteiger partial charge on any atom is -0.496 e. The summed E-state index contributed by atoms with van der Waals surface area (Å²) in [6, 6.07) is 14.2. The van der Waals surface area contributed by atoms with Gasteiger partial charge in [-0.25, -0.2) is 8.42 Å². The summed E-state index contributed by atoms with van der Waals surface area (Å²) in [5, 5.41) is 2.99. The maximum absolute atomic E-state index is 12.5. The van der Waals surface area contributed by atoms with Crippen molar-refractivity contribution in [3.63, 3.8) is 0 Å². The van der Waals surface area contributed by atoms with Gasteiger partial charge in [0, 0.05) is 25.1 Å². The molecule has 1 amide bonds. The molecule has 158 valence electrons. The first-order chi connectivity index (χ1) is 13.8. The molecular formula is C22H30N2O4S. The molecular weight excluding hydrogens is 388 g/mol. The van der Waals surface area contributed by atoms with Gasteiger partial charge in [-0.2, -0.15) is 4.31 Å². The maximum atomic E-state index is 12.5. The van der Waals surface area contributed by atoms with Crippen LogP contribution in [-0.2, 0) is 21.2 Å². The Balaban J connectivity index is 1.95. The lowest BCUT2D eigenvalue weighted by molar-refractivity contribution is -0.121. The van der Waals surface area contributed by atoms with Gasteiger partial charge in [-0.1, -0.05) is 44.2 Å². The van der Waals surface area contributed by atoms with Gasteiger partial charge in [0.2, 0.25) is 15.9 Å². The number of nitrogens with zero attached hydrogens (tertiary/aromatic N) is 1. The molecule has 0 fully saturated rings. The lowest BCUT2D eigenvalue weighted by Crippen LogP contribution is -2.30. The summed E-state index contributed by atoms with van der Waals surface area (Å²) in [5.74, 6) is 0.675. The van der Waals surface area contributed by atoms with Crippen molar-refractivity contribution >= 4 is 15.9 Å². The summed E-state index contributed by atoms with van der Waals surface area (Å²) >= 11 is 0. The number of hydrogen-bond donors (Lipinski definition) is 1. The van der Waals surface area contributed by atoms with Gasteiger partial charge in [-0.3, -0.25) is 4.79 Å². The molecule has 7 heteroatoms. The van der Waals surface area contributed by atoms with E-state index in [0.717, 1.165) is 16.9 Å². The van der Waals surface area contributed by atoms with E-state index < -0.39 is 10.0 Å². The van der Waals surface area contributed by atoms with Crippen LogP contribution >= 0.6 is 0 Å². The highest BCUT2D eigenvalue weighted by Crippen LogP contribution is 2.24. The Hall–Kier alpha value is -2.38. The molecule has 0 radical (unpaired) electrons. The van der Waals surface area contributed by atoms with E-state index in [-0.39, 0.29) is 16.8 Å². The van der Waals surface area contributed by atoms with Crippen molar-refractivity contribution in [3.05, 3.63) is 59.7 Å². The average Bonchev–Trinajstić information content (AvgIpc) is 2.73. The number of ether oxygens (including phenoxy) is 1. The topological polar surface area (TPSA) is 75.7 Å². The van der Waals surface area contributed by atoms with Gasteiger partial charge in [0.1, 0.15) is 5.75 Å². The number of hydrogen-bond acceptors (Lipinski definition) is 4. The maximum Gasteiger partial charge on any atom is 0.243 e. The van der Waals surface area contributed by atoms with E-state index >= 15 is 0 Å². The number of benzene rings is 2. The van der Waals surface area contributed by atoms with Crippen LogP contribution in [0.3, 0.4) is 0 Å². The molecule has 0 heterocycles. The van der Waals surface area contributed by atoms with Crippen molar-refractivity contribution in [2.45, 2.75) is 44.6 Å². The van der Waals surface area contributed by atoms with E-state index in [0.29, 0.717) is 25.9 Å². The number of sulfonamides is 1. The number of rotatable bonds is 10. The van der Waals surface area contributed by atoms with Crippen molar-refractivity contribution in [2.75, 3.05) is 20.2 Å². The third kappa shape index (κ3) is 5.81. The lowest BCUT2D eigenvalue weighted by Gasteiger charge is -2.18. The molecule has 0 aliphatic rings. The van der Waals surface area contributed by atoms with Gasteiger partial charge in [0.15, 0.2) is 0 Å². The van der Waals surface area contributed by atoms with Crippen LogP contribution in [0.2, 0.25) is 0 Å². The Bertz CT molecular complexity index is 907. The third-order valence-electron chi connectivity index (χ3n) is 4.89. The van der Waals surface area contributed by atoms with E-state index in [2.05, 4.69) is 5.32 Å². The van der Waals surface area contributed by atoms with Crippen LogP contribution in [0.15, 0.2) is 53.4 Å². The lowest BCUT2D eigenvalue weighted by atomic mass is 10.1. The minimum atomic E-state index is -3.46. The van der Waals surface area contributed by atoms with E-state index in [4.69, 9.17) is 4.74 Å².